The van der Waals surface area contributed by atoms with E-state index in [0.717, 1.165) is 17.9 Å². The third kappa shape index (κ3) is 0.807. The highest BCUT2D eigenvalue weighted by atomic mass is 14.9. The molecule has 3 unspecified atom stereocenters. The molecule has 4 atom stereocenters. The summed E-state index contributed by atoms with van der Waals surface area (Å²) in [7, 11) is 2.10. The summed E-state index contributed by atoms with van der Waals surface area (Å²) < 4.78 is 0. The lowest BCUT2D eigenvalue weighted by molar-refractivity contribution is 0.00646. The zero-order valence-corrected chi connectivity index (χ0v) is 7.85. The van der Waals surface area contributed by atoms with Crippen molar-refractivity contribution in [3.63, 3.8) is 0 Å². The van der Waals surface area contributed by atoms with E-state index in [2.05, 4.69) is 26.2 Å². The van der Waals surface area contributed by atoms with E-state index in [1.165, 1.54) is 19.3 Å². The van der Waals surface area contributed by atoms with Crippen molar-refractivity contribution >= 4 is 0 Å². The Morgan fingerprint density at radius 1 is 1.36 bits per heavy atom. The maximum Gasteiger partial charge on any atom is 0.0103 e. The Bertz CT molecular complexity index is 166. The van der Waals surface area contributed by atoms with Crippen LogP contribution >= 0.6 is 0 Å². The van der Waals surface area contributed by atoms with E-state index < -0.39 is 0 Å². The Kier molecular flexibility index (Phi) is 1.54. The fourth-order valence-corrected chi connectivity index (χ4v) is 3.23. The highest BCUT2D eigenvalue weighted by Crippen LogP contribution is 2.59. The molecule has 2 fully saturated rings. The van der Waals surface area contributed by atoms with Gasteiger partial charge in [0, 0.05) is 6.04 Å². The zero-order valence-electron chi connectivity index (χ0n) is 7.85. The summed E-state index contributed by atoms with van der Waals surface area (Å²) in [4.78, 5) is 0. The summed E-state index contributed by atoms with van der Waals surface area (Å²) in [6, 6.07) is 0.838. The number of nitrogens with one attached hydrogen (secondary N) is 1. The van der Waals surface area contributed by atoms with Crippen molar-refractivity contribution in [3.8, 4) is 0 Å². The minimum absolute atomic E-state index is 0.702. The second kappa shape index (κ2) is 2.22. The Balaban J connectivity index is 2.09. The molecular formula is C10H19N. The minimum Gasteiger partial charge on any atom is -0.317 e. The Labute approximate surface area is 69.6 Å². The van der Waals surface area contributed by atoms with Gasteiger partial charge in [-0.15, -0.1) is 0 Å². The predicted octanol–water partition coefficient (Wildman–Crippen LogP) is 2.03. The van der Waals surface area contributed by atoms with E-state index in [9.17, 15) is 0 Å². The average Bonchev–Trinajstić information content (AvgIpc) is 2.16. The first kappa shape index (κ1) is 7.60. The van der Waals surface area contributed by atoms with Crippen molar-refractivity contribution in [3.05, 3.63) is 0 Å². The molecule has 0 aromatic carbocycles. The molecule has 0 amide bonds. The van der Waals surface area contributed by atoms with Crippen LogP contribution in [-0.2, 0) is 0 Å². The molecule has 1 N–H and O–H groups in total. The van der Waals surface area contributed by atoms with Gasteiger partial charge in [0.25, 0.3) is 0 Å². The van der Waals surface area contributed by atoms with E-state index in [1.54, 1.807) is 0 Å². The summed E-state index contributed by atoms with van der Waals surface area (Å²) >= 11 is 0. The Hall–Kier alpha value is -0.0400. The van der Waals surface area contributed by atoms with Gasteiger partial charge < -0.3 is 5.32 Å². The van der Waals surface area contributed by atoms with E-state index in [-0.39, 0.29) is 0 Å². The third-order valence-corrected chi connectivity index (χ3v) is 4.40. The Morgan fingerprint density at radius 2 is 2.09 bits per heavy atom. The number of fused-ring (bicyclic) bond motifs is 1. The van der Waals surface area contributed by atoms with Crippen molar-refractivity contribution in [2.45, 2.75) is 39.2 Å². The standard InChI is InChI=1S/C10H19N/c1-7-4-5-8-9(11-3)6-10(7,8)2/h7-9,11H,4-6H2,1-3H3/t7?,8?,9-,10?/m1/s1. The van der Waals surface area contributed by atoms with Crippen LogP contribution in [0.15, 0.2) is 0 Å². The molecule has 1 nitrogen and oxygen atoms in total. The fraction of sp³-hybridized carbons (Fsp3) is 1.00. The van der Waals surface area contributed by atoms with Gasteiger partial charge in [-0.1, -0.05) is 13.8 Å². The van der Waals surface area contributed by atoms with E-state index in [0.29, 0.717) is 5.41 Å². The second-order valence-electron chi connectivity index (χ2n) is 4.69. The Morgan fingerprint density at radius 3 is 2.64 bits per heavy atom. The first-order chi connectivity index (χ1) is 5.18. The molecule has 2 rings (SSSR count). The predicted molar refractivity (Wildman–Crippen MR) is 47.5 cm³/mol. The summed E-state index contributed by atoms with van der Waals surface area (Å²) in [6.45, 7) is 4.90. The SMILES string of the molecule is CN[C@@H]1CC2(C)C(C)CCC12. The minimum atomic E-state index is 0.702. The summed E-state index contributed by atoms with van der Waals surface area (Å²) in [5, 5.41) is 3.42. The topological polar surface area (TPSA) is 12.0 Å². The molecule has 0 saturated heterocycles. The highest BCUT2D eigenvalue weighted by molar-refractivity contribution is 5.08. The van der Waals surface area contributed by atoms with E-state index in [4.69, 9.17) is 0 Å². The smallest absolute Gasteiger partial charge is 0.0103 e. The molecule has 2 aliphatic rings. The van der Waals surface area contributed by atoms with Gasteiger partial charge in [0.05, 0.1) is 0 Å². The molecule has 64 valence electrons. The lowest BCUT2D eigenvalue weighted by Crippen LogP contribution is -2.54. The molecule has 0 heterocycles. The molecular weight excluding hydrogens is 134 g/mol. The van der Waals surface area contributed by atoms with Crippen molar-refractivity contribution in [2.24, 2.45) is 17.3 Å². The summed E-state index contributed by atoms with van der Waals surface area (Å²) in [5.74, 6) is 1.96. The van der Waals surface area contributed by atoms with Crippen LogP contribution in [0.2, 0.25) is 0 Å². The van der Waals surface area contributed by atoms with Gasteiger partial charge in [-0.05, 0) is 43.6 Å². The van der Waals surface area contributed by atoms with Gasteiger partial charge in [-0.2, -0.15) is 0 Å². The van der Waals surface area contributed by atoms with Crippen LogP contribution < -0.4 is 5.32 Å². The van der Waals surface area contributed by atoms with Gasteiger partial charge in [0.15, 0.2) is 0 Å². The third-order valence-electron chi connectivity index (χ3n) is 4.40. The lowest BCUT2D eigenvalue weighted by atomic mass is 9.57. The molecule has 0 aromatic rings. The average molecular weight is 153 g/mol. The van der Waals surface area contributed by atoms with E-state index in [1.807, 2.05) is 0 Å². The van der Waals surface area contributed by atoms with Crippen molar-refractivity contribution in [1.82, 2.24) is 5.32 Å². The number of hydrogen-bond acceptors (Lipinski definition) is 1. The molecule has 11 heavy (non-hydrogen) atoms. The van der Waals surface area contributed by atoms with Crippen molar-refractivity contribution < 1.29 is 0 Å². The molecule has 0 aromatic heterocycles. The van der Waals surface area contributed by atoms with Crippen LogP contribution in [-0.4, -0.2) is 13.1 Å². The van der Waals surface area contributed by atoms with Crippen LogP contribution in [0.25, 0.3) is 0 Å². The molecule has 0 radical (unpaired) electrons. The second-order valence-corrected chi connectivity index (χ2v) is 4.69. The first-order valence-corrected chi connectivity index (χ1v) is 4.86. The van der Waals surface area contributed by atoms with Crippen molar-refractivity contribution in [1.29, 1.82) is 0 Å². The summed E-state index contributed by atoms with van der Waals surface area (Å²) in [6.07, 6.45) is 4.33. The fourth-order valence-electron chi connectivity index (χ4n) is 3.23. The molecule has 1 heteroatoms. The lowest BCUT2D eigenvalue weighted by Gasteiger charge is -2.52. The number of hydrogen-bond donors (Lipinski definition) is 1. The quantitative estimate of drug-likeness (QED) is 0.608. The van der Waals surface area contributed by atoms with Gasteiger partial charge >= 0.3 is 0 Å². The maximum absolute atomic E-state index is 3.42. The first-order valence-electron chi connectivity index (χ1n) is 4.86. The van der Waals surface area contributed by atoms with E-state index >= 15 is 0 Å². The van der Waals surface area contributed by atoms with Gasteiger partial charge in [0.1, 0.15) is 0 Å². The van der Waals surface area contributed by atoms with Crippen LogP contribution in [0.3, 0.4) is 0 Å². The van der Waals surface area contributed by atoms with Crippen LogP contribution in [0, 0.1) is 17.3 Å². The highest BCUT2D eigenvalue weighted by Gasteiger charge is 2.55. The maximum atomic E-state index is 3.42. The number of rotatable bonds is 1. The monoisotopic (exact) mass is 153 g/mol. The van der Waals surface area contributed by atoms with Gasteiger partial charge in [-0.25, -0.2) is 0 Å². The van der Waals surface area contributed by atoms with Crippen molar-refractivity contribution in [2.75, 3.05) is 7.05 Å². The van der Waals surface area contributed by atoms with Crippen LogP contribution in [0.5, 0.6) is 0 Å². The normalized spacial score (nSPS) is 55.4. The molecule has 0 aliphatic heterocycles. The van der Waals surface area contributed by atoms with Crippen LogP contribution in [0.1, 0.15) is 33.1 Å². The molecule has 0 spiro atoms. The summed E-state index contributed by atoms with van der Waals surface area (Å²) in [5.41, 5.74) is 0.702. The molecule has 2 aliphatic carbocycles. The molecule has 0 bridgehead atoms. The van der Waals surface area contributed by atoms with Gasteiger partial charge in [-0.3, -0.25) is 0 Å². The van der Waals surface area contributed by atoms with Crippen LogP contribution in [0.4, 0.5) is 0 Å². The zero-order chi connectivity index (χ0) is 8.06. The van der Waals surface area contributed by atoms with Gasteiger partial charge in [0.2, 0.25) is 0 Å². The largest absolute Gasteiger partial charge is 0.317 e. The molecule has 2 saturated carbocycles.